The van der Waals surface area contributed by atoms with Crippen LogP contribution in [0.15, 0.2) is 11.2 Å². The van der Waals surface area contributed by atoms with Gasteiger partial charge in [-0.15, -0.1) is 0 Å². The average Bonchev–Trinajstić information content (AvgIpc) is 2.36. The fraction of sp³-hybridized carbons (Fsp3) is 0.538. The van der Waals surface area contributed by atoms with E-state index in [1.807, 2.05) is 20.8 Å². The largest absolute Gasteiger partial charge is 0.516 e. The van der Waals surface area contributed by atoms with Crippen molar-refractivity contribution in [3.63, 3.8) is 0 Å². The normalized spacial score (nSPS) is 11.5. The summed E-state index contributed by atoms with van der Waals surface area (Å²) >= 11 is 0. The Balaban J connectivity index is 2.72. The van der Waals surface area contributed by atoms with Crippen LogP contribution in [-0.2, 0) is 4.74 Å². The third kappa shape index (κ3) is 6.64. The molecule has 0 spiro atoms. The number of carbonyl (C=O) groups excluding carboxylic acids is 1. The zero-order chi connectivity index (χ0) is 16.0. The number of hydrogen-bond acceptors (Lipinski definition) is 6. The molecule has 7 nitrogen and oxygen atoms in total. The molecule has 8 heteroatoms. The maximum atomic E-state index is 13.4. The second-order valence-corrected chi connectivity index (χ2v) is 5.73. The minimum absolute atomic E-state index is 0.179. The Morgan fingerprint density at radius 1 is 1.48 bits per heavy atom. The van der Waals surface area contributed by atoms with Crippen molar-refractivity contribution in [3.05, 3.63) is 12.0 Å². The van der Waals surface area contributed by atoms with Crippen molar-refractivity contribution in [2.75, 3.05) is 20.7 Å². The lowest BCUT2D eigenvalue weighted by Crippen LogP contribution is -2.21. The summed E-state index contributed by atoms with van der Waals surface area (Å²) in [7, 11) is 3.45. The Labute approximate surface area is 122 Å². The molecule has 0 aliphatic rings. The first-order valence-corrected chi connectivity index (χ1v) is 6.25. The number of carbonyl (C=O) groups is 1. The van der Waals surface area contributed by atoms with Gasteiger partial charge in [-0.25, -0.2) is 19.2 Å². The predicted octanol–water partition coefficient (Wildman–Crippen LogP) is 2.40. The van der Waals surface area contributed by atoms with Gasteiger partial charge in [-0.1, -0.05) is 20.8 Å². The van der Waals surface area contributed by atoms with Gasteiger partial charge in [0.05, 0.1) is 19.1 Å². The van der Waals surface area contributed by atoms with Crippen molar-refractivity contribution in [2.45, 2.75) is 20.8 Å². The summed E-state index contributed by atoms with van der Waals surface area (Å²) in [6, 6.07) is -0.318. The van der Waals surface area contributed by atoms with Gasteiger partial charge in [0.25, 0.3) is 0 Å². The second kappa shape index (κ2) is 6.96. The van der Waals surface area contributed by atoms with Gasteiger partial charge in [-0.2, -0.15) is 4.98 Å². The molecular formula is C13H19FN4O3. The van der Waals surface area contributed by atoms with Crippen LogP contribution in [0.25, 0.3) is 0 Å². The van der Waals surface area contributed by atoms with Crippen molar-refractivity contribution in [1.82, 2.24) is 14.9 Å². The Hall–Kier alpha value is -2.25. The van der Waals surface area contributed by atoms with Gasteiger partial charge in [-0.3, -0.25) is 0 Å². The molecule has 21 heavy (non-hydrogen) atoms. The molecule has 0 N–H and O–H groups in total. The summed E-state index contributed by atoms with van der Waals surface area (Å²) in [5.41, 5.74) is -0.191. The average molecular weight is 298 g/mol. The van der Waals surface area contributed by atoms with Crippen molar-refractivity contribution < 1.29 is 18.7 Å². The van der Waals surface area contributed by atoms with E-state index in [4.69, 9.17) is 9.47 Å². The summed E-state index contributed by atoms with van der Waals surface area (Å²) in [4.78, 5) is 24.1. The molecule has 1 aromatic heterocycles. The highest BCUT2D eigenvalue weighted by Crippen LogP contribution is 2.17. The summed E-state index contributed by atoms with van der Waals surface area (Å²) in [5.74, 6) is -0.944. The van der Waals surface area contributed by atoms with Crippen molar-refractivity contribution in [1.29, 1.82) is 0 Å². The van der Waals surface area contributed by atoms with Gasteiger partial charge in [0.15, 0.2) is 11.6 Å². The zero-order valence-electron chi connectivity index (χ0n) is 12.8. The van der Waals surface area contributed by atoms with E-state index < -0.39 is 12.0 Å². The fourth-order valence-corrected chi connectivity index (χ4v) is 1.03. The monoisotopic (exact) mass is 298 g/mol. The number of aromatic nitrogens is 2. The lowest BCUT2D eigenvalue weighted by molar-refractivity contribution is 0.0659. The van der Waals surface area contributed by atoms with E-state index in [0.717, 1.165) is 6.20 Å². The molecule has 0 aliphatic carbocycles. The highest BCUT2D eigenvalue weighted by Gasteiger charge is 2.16. The molecule has 0 bridgehead atoms. The van der Waals surface area contributed by atoms with E-state index in [-0.39, 0.29) is 23.9 Å². The lowest BCUT2D eigenvalue weighted by Gasteiger charge is -2.16. The van der Waals surface area contributed by atoms with Gasteiger partial charge in [-0.05, 0) is 5.41 Å². The molecule has 1 aromatic rings. The second-order valence-electron chi connectivity index (χ2n) is 5.73. The third-order valence-electron chi connectivity index (χ3n) is 1.91. The van der Waals surface area contributed by atoms with E-state index >= 15 is 0 Å². The molecule has 0 atom stereocenters. The van der Waals surface area contributed by atoms with Crippen molar-refractivity contribution in [3.8, 4) is 6.01 Å². The van der Waals surface area contributed by atoms with Gasteiger partial charge in [0, 0.05) is 14.1 Å². The van der Waals surface area contributed by atoms with Gasteiger partial charge in [0.2, 0.25) is 0 Å². The van der Waals surface area contributed by atoms with Crippen LogP contribution in [0.1, 0.15) is 20.8 Å². The zero-order valence-corrected chi connectivity index (χ0v) is 12.8. The minimum atomic E-state index is -0.945. The summed E-state index contributed by atoms with van der Waals surface area (Å²) in [6.45, 7) is 5.90. The number of ether oxygens (including phenoxy) is 2. The highest BCUT2D eigenvalue weighted by molar-refractivity contribution is 5.63. The van der Waals surface area contributed by atoms with Crippen LogP contribution in [-0.4, -0.2) is 48.1 Å². The van der Waals surface area contributed by atoms with Crippen molar-refractivity contribution >= 4 is 18.3 Å². The molecule has 0 radical (unpaired) electrons. The maximum absolute atomic E-state index is 13.4. The molecule has 0 saturated carbocycles. The Morgan fingerprint density at radius 2 is 2.14 bits per heavy atom. The van der Waals surface area contributed by atoms with E-state index in [0.29, 0.717) is 0 Å². The highest BCUT2D eigenvalue weighted by atomic mass is 19.1. The number of hydrogen-bond donors (Lipinski definition) is 0. The summed E-state index contributed by atoms with van der Waals surface area (Å²) in [5, 5.41) is 0. The lowest BCUT2D eigenvalue weighted by atomic mass is 9.99. The van der Waals surface area contributed by atoms with Crippen LogP contribution in [0.3, 0.4) is 0 Å². The van der Waals surface area contributed by atoms with Crippen molar-refractivity contribution in [2.24, 2.45) is 10.4 Å². The Kier molecular flexibility index (Phi) is 5.57. The summed E-state index contributed by atoms with van der Waals surface area (Å²) < 4.78 is 23.1. The maximum Gasteiger partial charge on any atom is 0.516 e. The van der Waals surface area contributed by atoms with Gasteiger partial charge >= 0.3 is 12.2 Å². The molecule has 0 unspecified atom stereocenters. The van der Waals surface area contributed by atoms with Crippen LogP contribution in [0.4, 0.5) is 15.0 Å². The van der Waals surface area contributed by atoms with Gasteiger partial charge < -0.3 is 14.4 Å². The van der Waals surface area contributed by atoms with Crippen LogP contribution >= 0.6 is 0 Å². The minimum Gasteiger partial charge on any atom is -0.433 e. The standard InChI is InChI=1S/C13H19FN4O3/c1-13(2,3)7-20-12(19)21-11-15-6-9(14)10(17-11)16-8-18(4)5/h6,8H,7H2,1-5H3. The van der Waals surface area contributed by atoms with Crippen LogP contribution < -0.4 is 4.74 Å². The predicted molar refractivity (Wildman–Crippen MR) is 75.3 cm³/mol. The molecule has 116 valence electrons. The number of rotatable bonds is 4. The quantitative estimate of drug-likeness (QED) is 0.482. The van der Waals surface area contributed by atoms with Crippen LogP contribution in [0.5, 0.6) is 6.01 Å². The van der Waals surface area contributed by atoms with E-state index in [9.17, 15) is 9.18 Å². The van der Waals surface area contributed by atoms with E-state index in [2.05, 4.69) is 15.0 Å². The summed E-state index contributed by atoms with van der Waals surface area (Å²) in [6.07, 6.45) is 1.30. The van der Waals surface area contributed by atoms with Crippen LogP contribution in [0, 0.1) is 11.2 Å². The molecule has 1 rings (SSSR count). The fourth-order valence-electron chi connectivity index (χ4n) is 1.03. The number of aliphatic imine (C=N–C) groups is 1. The van der Waals surface area contributed by atoms with E-state index in [1.54, 1.807) is 19.0 Å². The Bertz CT molecular complexity index is 527. The molecular weight excluding hydrogens is 279 g/mol. The smallest absolute Gasteiger partial charge is 0.433 e. The SMILES string of the molecule is CN(C)C=Nc1nc(OC(=O)OCC(C)(C)C)ncc1F. The molecule has 0 aromatic carbocycles. The third-order valence-corrected chi connectivity index (χ3v) is 1.91. The van der Waals surface area contributed by atoms with Gasteiger partial charge in [0.1, 0.15) is 0 Å². The number of nitrogens with zero attached hydrogens (tertiary/aromatic N) is 4. The van der Waals surface area contributed by atoms with E-state index in [1.165, 1.54) is 6.34 Å². The number of halogens is 1. The first-order chi connectivity index (χ1) is 9.67. The van der Waals surface area contributed by atoms with Crippen LogP contribution in [0.2, 0.25) is 0 Å². The molecule has 0 fully saturated rings. The molecule has 0 aliphatic heterocycles. The Morgan fingerprint density at radius 3 is 2.71 bits per heavy atom. The molecule has 0 saturated heterocycles. The first kappa shape index (κ1) is 16.8. The first-order valence-electron chi connectivity index (χ1n) is 6.25. The topological polar surface area (TPSA) is 76.9 Å². The molecule has 1 heterocycles. The molecule has 0 amide bonds.